The number of methoxy groups -OCH3 is 1. The first kappa shape index (κ1) is 23.9. The molecule has 0 bridgehead atoms. The van der Waals surface area contributed by atoms with Crippen LogP contribution in [0.25, 0.3) is 10.9 Å². The first-order valence-corrected chi connectivity index (χ1v) is 13.5. The number of carbonyl (C=O) groups is 2. The van der Waals surface area contributed by atoms with Crippen molar-refractivity contribution in [1.29, 1.82) is 0 Å². The Kier molecular flexibility index (Phi) is 5.89. The highest BCUT2D eigenvalue weighted by Crippen LogP contribution is 2.49. The first-order chi connectivity index (χ1) is 18.0. The van der Waals surface area contributed by atoms with Gasteiger partial charge in [0.15, 0.2) is 17.0 Å². The smallest absolute Gasteiger partial charge is 0.255 e. The van der Waals surface area contributed by atoms with Gasteiger partial charge < -0.3 is 24.3 Å². The second-order valence-electron chi connectivity index (χ2n) is 10.7. The summed E-state index contributed by atoms with van der Waals surface area (Å²) in [5.74, 6) is 1.32. The molecule has 0 spiro atoms. The monoisotopic (exact) mass is 501 g/mol. The van der Waals surface area contributed by atoms with Crippen molar-refractivity contribution in [3.8, 4) is 11.5 Å². The van der Waals surface area contributed by atoms with Crippen LogP contribution in [-0.4, -0.2) is 59.4 Å². The van der Waals surface area contributed by atoms with E-state index in [-0.39, 0.29) is 30.3 Å². The maximum absolute atomic E-state index is 14.2. The van der Waals surface area contributed by atoms with E-state index in [1.807, 2.05) is 47.1 Å². The normalized spacial score (nSPS) is 23.9. The SMILES string of the molecule is CCCOc1ccc([C@H]2CN3C(=O)CN(C4CCCC4)C(=O)[C@]3(C)c3[nH]c4ccccc4c32)cc1OC. The van der Waals surface area contributed by atoms with Gasteiger partial charge in [-0.1, -0.05) is 44.0 Å². The van der Waals surface area contributed by atoms with Crippen LogP contribution in [0.4, 0.5) is 0 Å². The largest absolute Gasteiger partial charge is 0.493 e. The molecule has 194 valence electrons. The number of para-hydroxylation sites is 1. The van der Waals surface area contributed by atoms with E-state index >= 15 is 0 Å². The third-order valence-electron chi connectivity index (χ3n) is 8.59. The second kappa shape index (κ2) is 9.12. The Bertz CT molecular complexity index is 1360. The number of hydrogen-bond donors (Lipinski definition) is 1. The number of benzene rings is 2. The van der Waals surface area contributed by atoms with Crippen LogP contribution in [0.5, 0.6) is 11.5 Å². The van der Waals surface area contributed by atoms with Gasteiger partial charge in [-0.15, -0.1) is 0 Å². The summed E-state index contributed by atoms with van der Waals surface area (Å²) in [5.41, 5.74) is 2.88. The molecule has 7 nitrogen and oxygen atoms in total. The lowest BCUT2D eigenvalue weighted by Crippen LogP contribution is -2.68. The molecular formula is C30H35N3O4. The topological polar surface area (TPSA) is 74.9 Å². The van der Waals surface area contributed by atoms with E-state index in [0.29, 0.717) is 24.7 Å². The van der Waals surface area contributed by atoms with Crippen molar-refractivity contribution >= 4 is 22.7 Å². The molecule has 2 amide bonds. The molecule has 7 heteroatoms. The van der Waals surface area contributed by atoms with Crippen molar-refractivity contribution in [2.75, 3.05) is 26.8 Å². The Morgan fingerprint density at radius 3 is 2.62 bits per heavy atom. The zero-order valence-corrected chi connectivity index (χ0v) is 21.9. The Labute approximate surface area is 217 Å². The third-order valence-corrected chi connectivity index (χ3v) is 8.59. The summed E-state index contributed by atoms with van der Waals surface area (Å²) < 4.78 is 11.6. The second-order valence-corrected chi connectivity index (χ2v) is 10.7. The van der Waals surface area contributed by atoms with E-state index < -0.39 is 5.54 Å². The van der Waals surface area contributed by atoms with Crippen LogP contribution < -0.4 is 9.47 Å². The van der Waals surface area contributed by atoms with Crippen molar-refractivity contribution in [3.63, 3.8) is 0 Å². The molecule has 2 atom stereocenters. The Hall–Kier alpha value is -3.48. The number of nitrogens with zero attached hydrogens (tertiary/aromatic N) is 2. The van der Waals surface area contributed by atoms with Gasteiger partial charge in [0.1, 0.15) is 6.54 Å². The standard InChI is InChI=1S/C30H35N3O4/c1-4-15-37-24-14-13-19(16-25(24)36-3)22-17-33-26(34)18-32(20-9-5-6-10-20)29(35)30(33,2)28-27(22)21-11-7-8-12-23(21)31-28/h7-8,11-14,16,20,22,31H,4-6,9-10,15,17-18H2,1-3H3/t22-,30+/m1/s1. The molecule has 1 saturated heterocycles. The summed E-state index contributed by atoms with van der Waals surface area (Å²) >= 11 is 0. The summed E-state index contributed by atoms with van der Waals surface area (Å²) in [4.78, 5) is 35.2. The molecule has 1 aromatic heterocycles. The lowest BCUT2D eigenvalue weighted by atomic mass is 9.76. The van der Waals surface area contributed by atoms with Crippen molar-refractivity contribution in [2.45, 2.75) is 63.5 Å². The Morgan fingerprint density at radius 1 is 1.08 bits per heavy atom. The molecular weight excluding hydrogens is 466 g/mol. The maximum atomic E-state index is 14.2. The summed E-state index contributed by atoms with van der Waals surface area (Å²) in [6, 6.07) is 14.4. The number of rotatable bonds is 6. The Balaban J connectivity index is 1.50. The maximum Gasteiger partial charge on any atom is 0.255 e. The number of hydrogen-bond acceptors (Lipinski definition) is 4. The number of carbonyl (C=O) groups excluding carboxylic acids is 2. The summed E-state index contributed by atoms with van der Waals surface area (Å²) in [7, 11) is 1.65. The molecule has 6 rings (SSSR count). The lowest BCUT2D eigenvalue weighted by molar-refractivity contribution is -0.168. The van der Waals surface area contributed by atoms with Gasteiger partial charge in [0.25, 0.3) is 5.91 Å². The molecule has 1 aliphatic carbocycles. The fourth-order valence-corrected chi connectivity index (χ4v) is 6.67. The molecule has 0 radical (unpaired) electrons. The molecule has 0 unspecified atom stereocenters. The summed E-state index contributed by atoms with van der Waals surface area (Å²) in [6.07, 6.45) is 5.09. The highest BCUT2D eigenvalue weighted by molar-refractivity contribution is 6.01. The molecule has 2 fully saturated rings. The van der Waals surface area contributed by atoms with Gasteiger partial charge in [0, 0.05) is 29.4 Å². The van der Waals surface area contributed by atoms with Gasteiger partial charge in [-0.2, -0.15) is 0 Å². The van der Waals surface area contributed by atoms with Crippen LogP contribution in [0.2, 0.25) is 0 Å². The van der Waals surface area contributed by atoms with Crippen molar-refractivity contribution in [2.24, 2.45) is 0 Å². The van der Waals surface area contributed by atoms with Gasteiger partial charge in [0.2, 0.25) is 5.91 Å². The average Bonchev–Trinajstić information content (AvgIpc) is 3.59. The van der Waals surface area contributed by atoms with E-state index in [4.69, 9.17) is 9.47 Å². The predicted octanol–water partition coefficient (Wildman–Crippen LogP) is 4.94. The molecule has 2 aromatic carbocycles. The third kappa shape index (κ3) is 3.62. The highest BCUT2D eigenvalue weighted by atomic mass is 16.5. The molecule has 3 aromatic rings. The van der Waals surface area contributed by atoms with E-state index in [2.05, 4.69) is 24.0 Å². The minimum atomic E-state index is -1.06. The number of aromatic nitrogens is 1. The summed E-state index contributed by atoms with van der Waals surface area (Å²) in [5, 5.41) is 1.09. The van der Waals surface area contributed by atoms with Crippen molar-refractivity contribution < 1.29 is 19.1 Å². The van der Waals surface area contributed by atoms with E-state index in [9.17, 15) is 9.59 Å². The van der Waals surface area contributed by atoms with Crippen LogP contribution in [0.15, 0.2) is 42.5 Å². The fraction of sp³-hybridized carbons (Fsp3) is 0.467. The molecule has 3 aliphatic rings. The molecule has 2 aliphatic heterocycles. The van der Waals surface area contributed by atoms with Gasteiger partial charge in [-0.05, 0) is 55.5 Å². The van der Waals surface area contributed by atoms with Gasteiger partial charge in [0.05, 0.1) is 19.4 Å². The number of H-pyrrole nitrogens is 1. The predicted molar refractivity (Wildman–Crippen MR) is 142 cm³/mol. The minimum absolute atomic E-state index is 0.0122. The number of piperazine rings is 1. The number of fused-ring (bicyclic) bond motifs is 5. The van der Waals surface area contributed by atoms with Crippen molar-refractivity contribution in [1.82, 2.24) is 14.8 Å². The van der Waals surface area contributed by atoms with E-state index in [0.717, 1.165) is 59.8 Å². The number of aromatic amines is 1. The van der Waals surface area contributed by atoms with Crippen LogP contribution >= 0.6 is 0 Å². The first-order valence-electron chi connectivity index (χ1n) is 13.5. The van der Waals surface area contributed by atoms with Crippen LogP contribution in [-0.2, 0) is 15.1 Å². The quantitative estimate of drug-likeness (QED) is 0.519. The zero-order chi connectivity index (χ0) is 25.7. The lowest BCUT2D eigenvalue weighted by Gasteiger charge is -2.52. The van der Waals surface area contributed by atoms with Crippen LogP contribution in [0.1, 0.15) is 68.7 Å². The highest BCUT2D eigenvalue weighted by Gasteiger charge is 2.57. The zero-order valence-electron chi connectivity index (χ0n) is 21.9. The van der Waals surface area contributed by atoms with Gasteiger partial charge in [-0.25, -0.2) is 0 Å². The number of ether oxygens (including phenoxy) is 2. The van der Waals surface area contributed by atoms with Gasteiger partial charge in [-0.3, -0.25) is 9.59 Å². The van der Waals surface area contributed by atoms with Crippen LogP contribution in [0.3, 0.4) is 0 Å². The van der Waals surface area contributed by atoms with Crippen LogP contribution in [0, 0.1) is 0 Å². The molecule has 3 heterocycles. The summed E-state index contributed by atoms with van der Waals surface area (Å²) in [6.45, 7) is 5.22. The molecule has 1 N–H and O–H groups in total. The minimum Gasteiger partial charge on any atom is -0.493 e. The Morgan fingerprint density at radius 2 is 1.86 bits per heavy atom. The molecule has 1 saturated carbocycles. The average molecular weight is 502 g/mol. The number of amides is 2. The van der Waals surface area contributed by atoms with E-state index in [1.165, 1.54) is 0 Å². The van der Waals surface area contributed by atoms with Crippen molar-refractivity contribution in [3.05, 3.63) is 59.3 Å². The van der Waals surface area contributed by atoms with Gasteiger partial charge >= 0.3 is 0 Å². The number of nitrogens with one attached hydrogen (secondary N) is 1. The fourth-order valence-electron chi connectivity index (χ4n) is 6.67. The van der Waals surface area contributed by atoms with E-state index in [1.54, 1.807) is 7.11 Å². The molecule has 37 heavy (non-hydrogen) atoms.